The molecule has 0 aromatic heterocycles. The fraction of sp³-hybridized carbons (Fsp3) is 0.0769. The molecule has 0 aliphatic carbocycles. The third-order valence-corrected chi connectivity index (χ3v) is 4.25. The SMILES string of the molecule is Cc1ccc(N=Nc2cc(Cl)c(S(=O)(=O)F)cc2Cl)c(O)c1. The maximum absolute atomic E-state index is 13.0. The highest BCUT2D eigenvalue weighted by Crippen LogP contribution is 2.36. The van der Waals surface area contributed by atoms with Gasteiger partial charge in [-0.3, -0.25) is 0 Å². The highest BCUT2D eigenvalue weighted by atomic mass is 35.5. The summed E-state index contributed by atoms with van der Waals surface area (Å²) < 4.78 is 34.7. The van der Waals surface area contributed by atoms with Gasteiger partial charge < -0.3 is 5.11 Å². The average Bonchev–Trinajstić information content (AvgIpc) is 2.39. The molecule has 0 heterocycles. The Balaban J connectivity index is 2.42. The van der Waals surface area contributed by atoms with Gasteiger partial charge in [0.25, 0.3) is 0 Å². The molecule has 5 nitrogen and oxygen atoms in total. The first-order chi connectivity index (χ1) is 10.2. The van der Waals surface area contributed by atoms with Crippen LogP contribution in [-0.2, 0) is 10.2 Å². The minimum absolute atomic E-state index is 0.0408. The maximum Gasteiger partial charge on any atom is 0.333 e. The topological polar surface area (TPSA) is 79.1 Å². The van der Waals surface area contributed by atoms with Crippen molar-refractivity contribution in [3.05, 3.63) is 45.9 Å². The predicted molar refractivity (Wildman–Crippen MR) is 81.8 cm³/mol. The van der Waals surface area contributed by atoms with Crippen LogP contribution in [0.15, 0.2) is 45.5 Å². The molecule has 0 radical (unpaired) electrons. The molecule has 0 saturated heterocycles. The zero-order valence-corrected chi connectivity index (χ0v) is 13.4. The van der Waals surface area contributed by atoms with E-state index in [0.717, 1.165) is 17.7 Å². The third kappa shape index (κ3) is 3.73. The van der Waals surface area contributed by atoms with Crippen molar-refractivity contribution in [2.24, 2.45) is 10.2 Å². The Morgan fingerprint density at radius 3 is 2.27 bits per heavy atom. The average molecular weight is 363 g/mol. The maximum atomic E-state index is 13.0. The summed E-state index contributed by atoms with van der Waals surface area (Å²) in [5.74, 6) is -0.0751. The van der Waals surface area contributed by atoms with Gasteiger partial charge in [-0.15, -0.1) is 14.1 Å². The van der Waals surface area contributed by atoms with Crippen molar-refractivity contribution < 1.29 is 17.4 Å². The number of azo groups is 1. The lowest BCUT2D eigenvalue weighted by molar-refractivity contribution is 0.476. The first kappa shape index (κ1) is 16.7. The van der Waals surface area contributed by atoms with Crippen molar-refractivity contribution in [2.45, 2.75) is 11.8 Å². The van der Waals surface area contributed by atoms with Crippen LogP contribution in [-0.4, -0.2) is 13.5 Å². The Morgan fingerprint density at radius 1 is 1.05 bits per heavy atom. The van der Waals surface area contributed by atoms with Crippen LogP contribution in [0.2, 0.25) is 10.0 Å². The highest BCUT2D eigenvalue weighted by molar-refractivity contribution is 7.86. The van der Waals surface area contributed by atoms with E-state index in [1.54, 1.807) is 19.1 Å². The number of hydrogen-bond acceptors (Lipinski definition) is 5. The number of phenolic OH excluding ortho intramolecular Hbond substituents is 1. The van der Waals surface area contributed by atoms with Gasteiger partial charge in [0.2, 0.25) is 0 Å². The Kier molecular flexibility index (Phi) is 4.69. The van der Waals surface area contributed by atoms with Gasteiger partial charge in [0, 0.05) is 0 Å². The van der Waals surface area contributed by atoms with E-state index < -0.39 is 15.1 Å². The van der Waals surface area contributed by atoms with Crippen LogP contribution in [0.1, 0.15) is 5.56 Å². The third-order valence-electron chi connectivity index (χ3n) is 2.66. The summed E-state index contributed by atoms with van der Waals surface area (Å²) in [5.41, 5.74) is 1.08. The zero-order chi connectivity index (χ0) is 16.5. The molecule has 0 bridgehead atoms. The Labute approximate surface area is 136 Å². The van der Waals surface area contributed by atoms with Crippen LogP contribution < -0.4 is 0 Å². The summed E-state index contributed by atoms with van der Waals surface area (Å²) in [6.07, 6.45) is 0. The van der Waals surface area contributed by atoms with Crippen LogP contribution in [0.4, 0.5) is 15.3 Å². The van der Waals surface area contributed by atoms with Crippen molar-refractivity contribution in [1.29, 1.82) is 0 Å². The summed E-state index contributed by atoms with van der Waals surface area (Å²) in [6, 6.07) is 6.70. The molecule has 0 unspecified atom stereocenters. The standard InChI is InChI=1S/C13H9Cl2FN2O3S/c1-7-2-3-10(12(19)4-7)17-18-11-5-9(15)13(6-8(11)14)22(16,20)21/h2-6,19H,1H3. The second-order valence-corrected chi connectivity index (χ2v) is 6.49. The molecule has 0 amide bonds. The molecule has 0 fully saturated rings. The van der Waals surface area contributed by atoms with Gasteiger partial charge >= 0.3 is 10.2 Å². The van der Waals surface area contributed by atoms with Gasteiger partial charge in [0.15, 0.2) is 0 Å². The van der Waals surface area contributed by atoms with Crippen molar-refractivity contribution in [3.8, 4) is 5.75 Å². The van der Waals surface area contributed by atoms with E-state index in [1.165, 1.54) is 6.07 Å². The normalized spacial score (nSPS) is 12.0. The Morgan fingerprint density at radius 2 is 1.68 bits per heavy atom. The molecule has 0 atom stereocenters. The Bertz CT molecular complexity index is 870. The number of halogens is 3. The van der Waals surface area contributed by atoms with Crippen LogP contribution in [0.25, 0.3) is 0 Å². The second-order valence-electron chi connectivity index (χ2n) is 4.36. The molecular weight excluding hydrogens is 354 g/mol. The molecule has 2 rings (SSSR count). The molecule has 116 valence electrons. The zero-order valence-electron chi connectivity index (χ0n) is 11.1. The van der Waals surface area contributed by atoms with Gasteiger partial charge in [0.1, 0.15) is 22.0 Å². The summed E-state index contributed by atoms with van der Waals surface area (Å²) in [7, 11) is -4.98. The molecule has 1 N–H and O–H groups in total. The van der Waals surface area contributed by atoms with Gasteiger partial charge in [-0.1, -0.05) is 29.3 Å². The van der Waals surface area contributed by atoms with Crippen LogP contribution in [0.3, 0.4) is 0 Å². The molecule has 0 aliphatic rings. The number of phenols is 1. The van der Waals surface area contributed by atoms with E-state index in [2.05, 4.69) is 10.2 Å². The fourth-order valence-electron chi connectivity index (χ4n) is 1.61. The summed E-state index contributed by atoms with van der Waals surface area (Å²) in [4.78, 5) is -0.740. The number of nitrogens with zero attached hydrogens (tertiary/aromatic N) is 2. The number of aryl methyl sites for hydroxylation is 1. The molecular formula is C13H9Cl2FN2O3S. The fourth-order valence-corrected chi connectivity index (χ4v) is 2.86. The first-order valence-corrected chi connectivity index (χ1v) is 7.97. The molecule has 0 saturated carbocycles. The smallest absolute Gasteiger partial charge is 0.333 e. The molecule has 0 spiro atoms. The first-order valence-electron chi connectivity index (χ1n) is 5.83. The van der Waals surface area contributed by atoms with E-state index in [-0.39, 0.29) is 27.2 Å². The lowest BCUT2D eigenvalue weighted by atomic mass is 10.2. The largest absolute Gasteiger partial charge is 0.506 e. The number of hydrogen-bond donors (Lipinski definition) is 1. The summed E-state index contributed by atoms with van der Waals surface area (Å²) in [6.45, 7) is 1.80. The van der Waals surface area contributed by atoms with Gasteiger partial charge in [-0.05, 0) is 36.8 Å². The number of rotatable bonds is 3. The van der Waals surface area contributed by atoms with E-state index in [4.69, 9.17) is 23.2 Å². The molecule has 0 aliphatic heterocycles. The minimum atomic E-state index is -4.98. The summed E-state index contributed by atoms with van der Waals surface area (Å²) in [5, 5.41) is 16.8. The van der Waals surface area contributed by atoms with E-state index >= 15 is 0 Å². The van der Waals surface area contributed by atoms with Gasteiger partial charge in [0.05, 0.1) is 10.0 Å². The lowest BCUT2D eigenvalue weighted by Gasteiger charge is -2.03. The minimum Gasteiger partial charge on any atom is -0.506 e. The highest BCUT2D eigenvalue weighted by Gasteiger charge is 2.19. The van der Waals surface area contributed by atoms with Crippen LogP contribution in [0.5, 0.6) is 5.75 Å². The number of benzene rings is 2. The monoisotopic (exact) mass is 362 g/mol. The van der Waals surface area contributed by atoms with Gasteiger partial charge in [-0.2, -0.15) is 8.42 Å². The molecule has 22 heavy (non-hydrogen) atoms. The molecule has 2 aromatic carbocycles. The van der Waals surface area contributed by atoms with Crippen LogP contribution >= 0.6 is 23.2 Å². The van der Waals surface area contributed by atoms with Crippen molar-refractivity contribution in [3.63, 3.8) is 0 Å². The van der Waals surface area contributed by atoms with Crippen molar-refractivity contribution >= 4 is 44.8 Å². The lowest BCUT2D eigenvalue weighted by Crippen LogP contribution is -1.93. The summed E-state index contributed by atoms with van der Waals surface area (Å²) >= 11 is 11.5. The number of aromatic hydroxyl groups is 1. The molecule has 9 heteroatoms. The van der Waals surface area contributed by atoms with E-state index in [1.807, 2.05) is 0 Å². The van der Waals surface area contributed by atoms with E-state index in [9.17, 15) is 17.4 Å². The van der Waals surface area contributed by atoms with Crippen molar-refractivity contribution in [1.82, 2.24) is 0 Å². The Hall–Kier alpha value is -1.70. The molecule has 2 aromatic rings. The quantitative estimate of drug-likeness (QED) is 0.610. The predicted octanol–water partition coefficient (Wildman–Crippen LogP) is 5.08. The van der Waals surface area contributed by atoms with Crippen molar-refractivity contribution in [2.75, 3.05) is 0 Å². The second kappa shape index (κ2) is 6.20. The van der Waals surface area contributed by atoms with Gasteiger partial charge in [-0.25, -0.2) is 0 Å². The van der Waals surface area contributed by atoms with E-state index in [0.29, 0.717) is 0 Å². The van der Waals surface area contributed by atoms with Crippen LogP contribution in [0, 0.1) is 6.92 Å².